The first-order valence-corrected chi connectivity index (χ1v) is 7.62. The number of hydrogen-bond acceptors (Lipinski definition) is 3. The quantitative estimate of drug-likeness (QED) is 0.833. The average molecular weight is 329 g/mol. The number of ether oxygens (including phenoxy) is 1. The Balaban J connectivity index is 2.53. The Morgan fingerprint density at radius 3 is 2.32 bits per heavy atom. The van der Waals surface area contributed by atoms with E-state index in [9.17, 15) is 0 Å². The van der Waals surface area contributed by atoms with Crippen molar-refractivity contribution in [2.75, 3.05) is 13.2 Å². The van der Waals surface area contributed by atoms with Gasteiger partial charge in [0.25, 0.3) is 0 Å². The second-order valence-corrected chi connectivity index (χ2v) is 6.10. The maximum atomic E-state index is 5.84. The Morgan fingerprint density at radius 1 is 1.21 bits per heavy atom. The summed E-state index contributed by atoms with van der Waals surface area (Å²) >= 11 is 3.52. The highest BCUT2D eigenvalue weighted by molar-refractivity contribution is 9.10. The molecule has 3 nitrogen and oxygen atoms in total. The van der Waals surface area contributed by atoms with Crippen LogP contribution in [-0.2, 0) is 6.54 Å². The van der Waals surface area contributed by atoms with Gasteiger partial charge in [-0.15, -0.1) is 0 Å². The second kappa shape index (κ2) is 7.88. The van der Waals surface area contributed by atoms with Crippen LogP contribution in [0.5, 0.6) is 5.75 Å². The lowest BCUT2D eigenvalue weighted by molar-refractivity contribution is 0.141. The molecule has 0 spiro atoms. The first kappa shape index (κ1) is 16.5. The molecule has 0 unspecified atom stereocenters. The molecule has 4 heteroatoms. The summed E-state index contributed by atoms with van der Waals surface area (Å²) in [6.45, 7) is 11.0. The minimum atomic E-state index is 0.534. The van der Waals surface area contributed by atoms with Crippen LogP contribution in [-0.4, -0.2) is 30.1 Å². The third kappa shape index (κ3) is 5.13. The highest BCUT2D eigenvalue weighted by Gasteiger charge is 2.13. The van der Waals surface area contributed by atoms with E-state index in [1.807, 2.05) is 18.2 Å². The Bertz CT molecular complexity index is 386. The van der Waals surface area contributed by atoms with E-state index in [1.165, 1.54) is 0 Å². The molecule has 0 radical (unpaired) electrons. The van der Waals surface area contributed by atoms with Crippen LogP contribution in [0.3, 0.4) is 0 Å². The fraction of sp³-hybridized carbons (Fsp3) is 0.600. The number of nitrogens with zero attached hydrogens (tertiary/aromatic N) is 1. The predicted molar refractivity (Wildman–Crippen MR) is 84.5 cm³/mol. The normalized spacial score (nSPS) is 11.6. The lowest BCUT2D eigenvalue weighted by atomic mass is 10.2. The maximum Gasteiger partial charge on any atom is 0.133 e. The van der Waals surface area contributed by atoms with Crippen molar-refractivity contribution >= 4 is 15.9 Å². The predicted octanol–water partition coefficient (Wildman–Crippen LogP) is 3.41. The molecule has 0 aliphatic carbocycles. The van der Waals surface area contributed by atoms with E-state index in [1.54, 1.807) is 0 Å². The maximum absolute atomic E-state index is 5.84. The van der Waals surface area contributed by atoms with Crippen molar-refractivity contribution in [3.63, 3.8) is 0 Å². The van der Waals surface area contributed by atoms with Crippen LogP contribution in [0.15, 0.2) is 22.7 Å². The molecular formula is C15H25BrN2O. The second-order valence-electron chi connectivity index (χ2n) is 5.24. The van der Waals surface area contributed by atoms with Gasteiger partial charge in [-0.1, -0.05) is 6.07 Å². The van der Waals surface area contributed by atoms with Crippen LogP contribution >= 0.6 is 15.9 Å². The van der Waals surface area contributed by atoms with Gasteiger partial charge in [-0.05, 0) is 61.3 Å². The fourth-order valence-corrected chi connectivity index (χ4v) is 2.70. The molecule has 0 heterocycles. The van der Waals surface area contributed by atoms with Crippen LogP contribution in [0.25, 0.3) is 0 Å². The van der Waals surface area contributed by atoms with Gasteiger partial charge in [0.05, 0.1) is 4.47 Å². The van der Waals surface area contributed by atoms with Gasteiger partial charge in [0.15, 0.2) is 0 Å². The number of rotatable bonds is 7. The zero-order valence-electron chi connectivity index (χ0n) is 12.3. The number of benzene rings is 1. The molecule has 0 saturated carbocycles. The van der Waals surface area contributed by atoms with Gasteiger partial charge in [0.1, 0.15) is 12.4 Å². The topological polar surface area (TPSA) is 38.5 Å². The zero-order valence-corrected chi connectivity index (χ0v) is 13.9. The molecule has 0 amide bonds. The van der Waals surface area contributed by atoms with Crippen molar-refractivity contribution in [2.24, 2.45) is 5.73 Å². The van der Waals surface area contributed by atoms with E-state index < -0.39 is 0 Å². The van der Waals surface area contributed by atoms with Crippen molar-refractivity contribution in [1.82, 2.24) is 4.90 Å². The van der Waals surface area contributed by atoms with E-state index >= 15 is 0 Å². The van der Waals surface area contributed by atoms with Crippen LogP contribution in [0.1, 0.15) is 33.3 Å². The molecule has 0 aromatic heterocycles. The standard InChI is InChI=1S/C15H25BrN2O/c1-11(2)18(12(3)4)7-8-19-15-6-5-13(10-17)9-14(15)16/h5-6,9,11-12H,7-8,10,17H2,1-4H3. The lowest BCUT2D eigenvalue weighted by Gasteiger charge is -2.30. The van der Waals surface area contributed by atoms with E-state index in [0.29, 0.717) is 25.2 Å². The van der Waals surface area contributed by atoms with Crippen LogP contribution in [0.4, 0.5) is 0 Å². The Kier molecular flexibility index (Phi) is 6.83. The Hall–Kier alpha value is -0.580. The highest BCUT2D eigenvalue weighted by Crippen LogP contribution is 2.25. The summed E-state index contributed by atoms with van der Waals surface area (Å²) in [6, 6.07) is 7.06. The molecular weight excluding hydrogens is 304 g/mol. The minimum Gasteiger partial charge on any atom is -0.491 e. The van der Waals surface area contributed by atoms with E-state index in [4.69, 9.17) is 10.5 Å². The van der Waals surface area contributed by atoms with Gasteiger partial charge in [-0.3, -0.25) is 4.90 Å². The summed E-state index contributed by atoms with van der Waals surface area (Å²) in [7, 11) is 0. The lowest BCUT2D eigenvalue weighted by Crippen LogP contribution is -2.39. The monoisotopic (exact) mass is 328 g/mol. The summed E-state index contributed by atoms with van der Waals surface area (Å²) in [5, 5.41) is 0. The van der Waals surface area contributed by atoms with Gasteiger partial charge in [-0.25, -0.2) is 0 Å². The average Bonchev–Trinajstić information content (AvgIpc) is 2.35. The molecule has 0 bridgehead atoms. The van der Waals surface area contributed by atoms with E-state index in [-0.39, 0.29) is 0 Å². The molecule has 1 rings (SSSR count). The van der Waals surface area contributed by atoms with Gasteiger partial charge in [-0.2, -0.15) is 0 Å². The summed E-state index contributed by atoms with van der Waals surface area (Å²) in [5.41, 5.74) is 6.71. The molecule has 1 aromatic carbocycles. The molecule has 108 valence electrons. The van der Waals surface area contributed by atoms with Crippen molar-refractivity contribution < 1.29 is 4.74 Å². The molecule has 2 N–H and O–H groups in total. The summed E-state index contributed by atoms with van der Waals surface area (Å²) in [6.07, 6.45) is 0. The third-order valence-electron chi connectivity index (χ3n) is 3.17. The molecule has 0 atom stereocenters. The van der Waals surface area contributed by atoms with Crippen molar-refractivity contribution in [2.45, 2.75) is 46.3 Å². The van der Waals surface area contributed by atoms with Gasteiger partial charge < -0.3 is 10.5 Å². The summed E-state index contributed by atoms with van der Waals surface area (Å²) in [5.74, 6) is 0.879. The largest absolute Gasteiger partial charge is 0.491 e. The van der Waals surface area contributed by atoms with Crippen molar-refractivity contribution in [3.05, 3.63) is 28.2 Å². The molecule has 0 aliphatic heterocycles. The first-order chi connectivity index (χ1) is 8.95. The minimum absolute atomic E-state index is 0.534. The summed E-state index contributed by atoms with van der Waals surface area (Å²) < 4.78 is 6.81. The molecule has 1 aromatic rings. The van der Waals surface area contributed by atoms with Crippen molar-refractivity contribution in [1.29, 1.82) is 0 Å². The SMILES string of the molecule is CC(C)N(CCOc1ccc(CN)cc1Br)C(C)C. The van der Waals surface area contributed by atoms with Crippen LogP contribution < -0.4 is 10.5 Å². The molecule has 0 fully saturated rings. The molecule has 19 heavy (non-hydrogen) atoms. The third-order valence-corrected chi connectivity index (χ3v) is 3.79. The number of halogens is 1. The zero-order chi connectivity index (χ0) is 14.4. The van der Waals surface area contributed by atoms with Crippen LogP contribution in [0.2, 0.25) is 0 Å². The van der Waals surface area contributed by atoms with Crippen molar-refractivity contribution in [3.8, 4) is 5.75 Å². The van der Waals surface area contributed by atoms with Crippen LogP contribution in [0, 0.1) is 0 Å². The number of nitrogens with two attached hydrogens (primary N) is 1. The van der Waals surface area contributed by atoms with Gasteiger partial charge >= 0.3 is 0 Å². The Labute approximate surface area is 125 Å². The summed E-state index contributed by atoms with van der Waals surface area (Å²) in [4.78, 5) is 2.42. The molecule has 0 saturated heterocycles. The van der Waals surface area contributed by atoms with E-state index in [0.717, 1.165) is 22.3 Å². The molecule has 0 aliphatic rings. The van der Waals surface area contributed by atoms with Gasteiger partial charge in [0.2, 0.25) is 0 Å². The smallest absolute Gasteiger partial charge is 0.133 e. The first-order valence-electron chi connectivity index (χ1n) is 6.82. The Morgan fingerprint density at radius 2 is 1.84 bits per heavy atom. The number of hydrogen-bond donors (Lipinski definition) is 1. The highest BCUT2D eigenvalue weighted by atomic mass is 79.9. The fourth-order valence-electron chi connectivity index (χ4n) is 2.16. The van der Waals surface area contributed by atoms with Gasteiger partial charge in [0, 0.05) is 25.2 Å². The van der Waals surface area contributed by atoms with E-state index in [2.05, 4.69) is 48.5 Å².